The highest BCUT2D eigenvalue weighted by Crippen LogP contribution is 2.16. The van der Waals surface area contributed by atoms with Crippen molar-refractivity contribution in [1.82, 2.24) is 20.0 Å². The quantitative estimate of drug-likeness (QED) is 0.551. The van der Waals surface area contributed by atoms with E-state index in [2.05, 4.69) is 84.6 Å². The number of nitrogens with one attached hydrogen (secondary N) is 1. The number of carbonyl (C=O) groups excluding carboxylic acids is 1. The monoisotopic (exact) mass is 418 g/mol. The fraction of sp³-hybridized carbons (Fsp3) is 0.385. The van der Waals surface area contributed by atoms with Crippen LogP contribution in [-0.4, -0.2) is 33.7 Å². The maximum absolute atomic E-state index is 12.9. The molecule has 0 aliphatic carbocycles. The first-order valence-electron chi connectivity index (χ1n) is 11.1. The first-order valence-corrected chi connectivity index (χ1v) is 11.1. The van der Waals surface area contributed by atoms with E-state index in [9.17, 15) is 4.79 Å². The molecule has 1 heterocycles. The third-order valence-corrected chi connectivity index (χ3v) is 5.84. The first kappa shape index (κ1) is 22.8. The lowest BCUT2D eigenvalue weighted by atomic mass is 10.1. The van der Waals surface area contributed by atoms with Gasteiger partial charge in [-0.3, -0.25) is 14.4 Å². The molecule has 1 amide bonds. The smallest absolute Gasteiger partial charge is 0.255 e. The second-order valence-electron chi connectivity index (χ2n) is 8.15. The molecule has 2 aromatic carbocycles. The molecule has 0 aliphatic heterocycles. The van der Waals surface area contributed by atoms with Crippen LogP contribution in [0.4, 0.5) is 0 Å². The lowest BCUT2D eigenvalue weighted by molar-refractivity contribution is 0.0949. The summed E-state index contributed by atoms with van der Waals surface area (Å²) in [6.45, 7) is 14.5. The molecular formula is C26H34N4O. The largest absolute Gasteiger partial charge is 0.348 e. The van der Waals surface area contributed by atoms with E-state index in [1.807, 2.05) is 18.5 Å². The number of aryl methyl sites for hydroxylation is 2. The van der Waals surface area contributed by atoms with Crippen molar-refractivity contribution in [2.24, 2.45) is 0 Å². The number of amides is 1. The van der Waals surface area contributed by atoms with Crippen LogP contribution in [0.2, 0.25) is 0 Å². The van der Waals surface area contributed by atoms with Gasteiger partial charge in [0.1, 0.15) is 0 Å². The van der Waals surface area contributed by atoms with Gasteiger partial charge in [-0.1, -0.05) is 67.9 Å². The van der Waals surface area contributed by atoms with Gasteiger partial charge in [0.15, 0.2) is 0 Å². The second-order valence-corrected chi connectivity index (χ2v) is 8.15. The summed E-state index contributed by atoms with van der Waals surface area (Å²) in [6, 6.07) is 16.9. The maximum atomic E-state index is 12.9. The fourth-order valence-electron chi connectivity index (χ4n) is 3.78. The van der Waals surface area contributed by atoms with E-state index in [0.717, 1.165) is 36.6 Å². The van der Waals surface area contributed by atoms with Crippen LogP contribution in [-0.2, 0) is 19.6 Å². The van der Waals surface area contributed by atoms with Crippen molar-refractivity contribution in [1.29, 1.82) is 0 Å². The Morgan fingerprint density at radius 3 is 2.10 bits per heavy atom. The van der Waals surface area contributed by atoms with Crippen molar-refractivity contribution < 1.29 is 4.79 Å². The summed E-state index contributed by atoms with van der Waals surface area (Å²) >= 11 is 0. The highest BCUT2D eigenvalue weighted by Gasteiger charge is 2.18. The Morgan fingerprint density at radius 2 is 1.48 bits per heavy atom. The number of benzene rings is 2. The van der Waals surface area contributed by atoms with E-state index in [4.69, 9.17) is 0 Å². The molecule has 0 saturated carbocycles. The Labute approximate surface area is 186 Å². The second kappa shape index (κ2) is 10.4. The van der Waals surface area contributed by atoms with Crippen molar-refractivity contribution in [2.45, 2.75) is 54.3 Å². The van der Waals surface area contributed by atoms with Gasteiger partial charge < -0.3 is 5.32 Å². The zero-order valence-electron chi connectivity index (χ0n) is 19.4. The summed E-state index contributed by atoms with van der Waals surface area (Å²) in [4.78, 5) is 15.3. The maximum Gasteiger partial charge on any atom is 0.255 e. The molecule has 164 valence electrons. The minimum absolute atomic E-state index is 0.0719. The van der Waals surface area contributed by atoms with E-state index in [1.54, 1.807) is 0 Å². The highest BCUT2D eigenvalue weighted by molar-refractivity contribution is 5.96. The molecule has 1 N–H and O–H groups in total. The molecule has 0 fully saturated rings. The van der Waals surface area contributed by atoms with E-state index in [1.165, 1.54) is 16.7 Å². The molecule has 3 aromatic rings. The number of aromatic nitrogens is 2. The van der Waals surface area contributed by atoms with Gasteiger partial charge in [-0.25, -0.2) is 0 Å². The summed E-state index contributed by atoms with van der Waals surface area (Å²) in [7, 11) is 0. The lowest BCUT2D eigenvalue weighted by Crippen LogP contribution is -2.24. The van der Waals surface area contributed by atoms with Gasteiger partial charge in [0.2, 0.25) is 0 Å². The molecule has 0 atom stereocenters. The minimum Gasteiger partial charge on any atom is -0.348 e. The molecule has 0 saturated heterocycles. The van der Waals surface area contributed by atoms with Crippen molar-refractivity contribution in [3.8, 4) is 0 Å². The van der Waals surface area contributed by atoms with E-state index < -0.39 is 0 Å². The summed E-state index contributed by atoms with van der Waals surface area (Å²) in [5.41, 5.74) is 7.13. The molecule has 1 aromatic heterocycles. The number of rotatable bonds is 9. The van der Waals surface area contributed by atoms with Crippen molar-refractivity contribution in [3.63, 3.8) is 0 Å². The molecule has 0 bridgehead atoms. The van der Waals surface area contributed by atoms with Gasteiger partial charge in [0.25, 0.3) is 5.91 Å². The van der Waals surface area contributed by atoms with Gasteiger partial charge in [0.05, 0.1) is 17.8 Å². The third-order valence-electron chi connectivity index (χ3n) is 5.84. The molecule has 0 spiro atoms. The van der Waals surface area contributed by atoms with Gasteiger partial charge in [-0.05, 0) is 50.6 Å². The van der Waals surface area contributed by atoms with Gasteiger partial charge in [-0.15, -0.1) is 0 Å². The first-order chi connectivity index (χ1) is 14.9. The Bertz CT molecular complexity index is 999. The summed E-state index contributed by atoms with van der Waals surface area (Å²) in [6.07, 6.45) is 0. The Hall–Kier alpha value is -2.92. The summed E-state index contributed by atoms with van der Waals surface area (Å²) < 4.78 is 1.91. The number of carbonyl (C=O) groups is 1. The van der Waals surface area contributed by atoms with Crippen LogP contribution >= 0.6 is 0 Å². The van der Waals surface area contributed by atoms with Gasteiger partial charge >= 0.3 is 0 Å². The SMILES string of the molecule is CCN(CC)Cc1ccc(CNC(=O)c2c(C)nn(Cc3ccc(C)cc3)c2C)cc1. The minimum atomic E-state index is -0.0719. The van der Waals surface area contributed by atoms with Gasteiger partial charge in [-0.2, -0.15) is 5.10 Å². The number of hydrogen-bond acceptors (Lipinski definition) is 3. The predicted molar refractivity (Wildman–Crippen MR) is 126 cm³/mol. The Kier molecular flexibility index (Phi) is 7.64. The van der Waals surface area contributed by atoms with E-state index >= 15 is 0 Å². The fourth-order valence-corrected chi connectivity index (χ4v) is 3.78. The van der Waals surface area contributed by atoms with E-state index in [-0.39, 0.29) is 5.91 Å². The standard InChI is InChI=1S/C26H34N4O/c1-6-29(7-2)17-23-14-12-22(13-15-23)16-27-26(31)25-20(4)28-30(21(25)5)18-24-10-8-19(3)9-11-24/h8-15H,6-7,16-18H2,1-5H3,(H,27,31). The van der Waals surface area contributed by atoms with Crippen molar-refractivity contribution in [2.75, 3.05) is 13.1 Å². The van der Waals surface area contributed by atoms with Crippen molar-refractivity contribution in [3.05, 3.63) is 87.7 Å². The van der Waals surface area contributed by atoms with Crippen LogP contribution in [0.15, 0.2) is 48.5 Å². The summed E-state index contributed by atoms with van der Waals surface area (Å²) in [5, 5.41) is 7.67. The molecule has 0 radical (unpaired) electrons. The highest BCUT2D eigenvalue weighted by atomic mass is 16.1. The number of hydrogen-bond donors (Lipinski definition) is 1. The van der Waals surface area contributed by atoms with Gasteiger partial charge in [0, 0.05) is 18.8 Å². The topological polar surface area (TPSA) is 50.2 Å². The Morgan fingerprint density at radius 1 is 0.903 bits per heavy atom. The molecule has 5 heteroatoms. The van der Waals surface area contributed by atoms with Crippen LogP contribution in [0.3, 0.4) is 0 Å². The predicted octanol–water partition coefficient (Wildman–Crippen LogP) is 4.63. The van der Waals surface area contributed by atoms with Crippen LogP contribution in [0.1, 0.15) is 57.8 Å². The molecule has 5 nitrogen and oxygen atoms in total. The van der Waals surface area contributed by atoms with Crippen LogP contribution < -0.4 is 5.32 Å². The molecule has 0 aliphatic rings. The Balaban J connectivity index is 1.63. The van der Waals surface area contributed by atoms with Crippen LogP contribution in [0, 0.1) is 20.8 Å². The molecule has 0 unspecified atom stereocenters. The van der Waals surface area contributed by atoms with Crippen LogP contribution in [0.5, 0.6) is 0 Å². The number of nitrogens with zero attached hydrogens (tertiary/aromatic N) is 3. The zero-order chi connectivity index (χ0) is 22.4. The average molecular weight is 419 g/mol. The normalized spacial score (nSPS) is 11.2. The lowest BCUT2D eigenvalue weighted by Gasteiger charge is -2.18. The third kappa shape index (κ3) is 5.82. The van der Waals surface area contributed by atoms with E-state index in [0.29, 0.717) is 18.7 Å². The van der Waals surface area contributed by atoms with Crippen molar-refractivity contribution >= 4 is 5.91 Å². The van der Waals surface area contributed by atoms with Crippen LogP contribution in [0.25, 0.3) is 0 Å². The molecular weight excluding hydrogens is 384 g/mol. The molecule has 3 rings (SSSR count). The average Bonchev–Trinajstić information content (AvgIpc) is 3.05. The molecule has 31 heavy (non-hydrogen) atoms. The zero-order valence-corrected chi connectivity index (χ0v) is 19.4. The summed E-state index contributed by atoms with van der Waals surface area (Å²) in [5.74, 6) is -0.0719.